The predicted octanol–water partition coefficient (Wildman–Crippen LogP) is 3.03. The van der Waals surface area contributed by atoms with Gasteiger partial charge in [0.15, 0.2) is 0 Å². The average Bonchev–Trinajstić information content (AvgIpc) is 2.30. The molecule has 0 saturated carbocycles. The van der Waals surface area contributed by atoms with E-state index in [0.29, 0.717) is 17.6 Å². The monoisotopic (exact) mass is 236 g/mol. The van der Waals surface area contributed by atoms with Gasteiger partial charge in [-0.2, -0.15) is 0 Å². The summed E-state index contributed by atoms with van der Waals surface area (Å²) in [6, 6.07) is 5.18. The molecule has 2 N–H and O–H groups in total. The van der Waals surface area contributed by atoms with E-state index in [1.54, 1.807) is 12.1 Å². The molecular formula is C14H21FN2. The van der Waals surface area contributed by atoms with Gasteiger partial charge in [0.2, 0.25) is 0 Å². The molecule has 3 heteroatoms. The highest BCUT2D eigenvalue weighted by atomic mass is 19.1. The summed E-state index contributed by atoms with van der Waals surface area (Å²) in [6.45, 7) is 6.38. The molecule has 2 atom stereocenters. The SMILES string of the molecule is CC1CCCN(Cc2cc(F)ccc2N)C1C. The summed E-state index contributed by atoms with van der Waals surface area (Å²) >= 11 is 0. The number of nitrogens with zero attached hydrogens (tertiary/aromatic N) is 1. The van der Waals surface area contributed by atoms with Gasteiger partial charge in [-0.05, 0) is 56.0 Å². The molecular weight excluding hydrogens is 215 g/mol. The summed E-state index contributed by atoms with van der Waals surface area (Å²) in [5.41, 5.74) is 7.49. The van der Waals surface area contributed by atoms with E-state index in [2.05, 4.69) is 18.7 Å². The lowest BCUT2D eigenvalue weighted by molar-refractivity contribution is 0.106. The van der Waals surface area contributed by atoms with Crippen molar-refractivity contribution in [3.63, 3.8) is 0 Å². The van der Waals surface area contributed by atoms with Crippen molar-refractivity contribution in [2.75, 3.05) is 12.3 Å². The first-order valence-corrected chi connectivity index (χ1v) is 6.36. The third-order valence-electron chi connectivity index (χ3n) is 3.98. The number of nitrogens with two attached hydrogens (primary N) is 1. The molecule has 2 unspecified atom stereocenters. The van der Waals surface area contributed by atoms with E-state index in [-0.39, 0.29) is 5.82 Å². The average molecular weight is 236 g/mol. The molecule has 0 aromatic heterocycles. The highest BCUT2D eigenvalue weighted by Crippen LogP contribution is 2.26. The van der Waals surface area contributed by atoms with Crippen LogP contribution in [-0.2, 0) is 6.54 Å². The lowest BCUT2D eigenvalue weighted by Crippen LogP contribution is -2.41. The Balaban J connectivity index is 2.11. The van der Waals surface area contributed by atoms with Gasteiger partial charge in [0.05, 0.1) is 0 Å². The van der Waals surface area contributed by atoms with E-state index in [4.69, 9.17) is 5.73 Å². The number of piperidine rings is 1. The number of hydrogen-bond acceptors (Lipinski definition) is 2. The molecule has 1 aromatic carbocycles. The number of likely N-dealkylation sites (tertiary alicyclic amines) is 1. The highest BCUT2D eigenvalue weighted by Gasteiger charge is 2.24. The third kappa shape index (κ3) is 2.78. The second-order valence-electron chi connectivity index (χ2n) is 5.17. The molecule has 0 radical (unpaired) electrons. The smallest absolute Gasteiger partial charge is 0.123 e. The topological polar surface area (TPSA) is 29.3 Å². The minimum Gasteiger partial charge on any atom is -0.398 e. The fourth-order valence-corrected chi connectivity index (χ4v) is 2.57. The van der Waals surface area contributed by atoms with Crippen LogP contribution in [0.2, 0.25) is 0 Å². The number of benzene rings is 1. The predicted molar refractivity (Wildman–Crippen MR) is 69.1 cm³/mol. The standard InChI is InChI=1S/C14H21FN2/c1-10-4-3-7-17(11(10)2)9-12-8-13(15)5-6-14(12)16/h5-6,8,10-11H,3-4,7,9,16H2,1-2H3. The fourth-order valence-electron chi connectivity index (χ4n) is 2.57. The van der Waals surface area contributed by atoms with Crippen LogP contribution in [0.3, 0.4) is 0 Å². The molecule has 1 aliphatic rings. The zero-order chi connectivity index (χ0) is 12.4. The van der Waals surface area contributed by atoms with Gasteiger partial charge < -0.3 is 5.73 Å². The lowest BCUT2D eigenvalue weighted by Gasteiger charge is -2.38. The summed E-state index contributed by atoms with van der Waals surface area (Å²) < 4.78 is 13.2. The van der Waals surface area contributed by atoms with Crippen molar-refractivity contribution in [2.24, 2.45) is 5.92 Å². The molecule has 0 spiro atoms. The van der Waals surface area contributed by atoms with Crippen LogP contribution in [0.25, 0.3) is 0 Å². The first-order valence-electron chi connectivity index (χ1n) is 6.36. The highest BCUT2D eigenvalue weighted by molar-refractivity contribution is 5.46. The van der Waals surface area contributed by atoms with E-state index in [0.717, 1.165) is 18.7 Å². The molecule has 0 aliphatic carbocycles. The molecule has 17 heavy (non-hydrogen) atoms. The van der Waals surface area contributed by atoms with Crippen LogP contribution in [0.5, 0.6) is 0 Å². The van der Waals surface area contributed by atoms with Crippen LogP contribution in [0.4, 0.5) is 10.1 Å². The minimum absolute atomic E-state index is 0.202. The number of halogens is 1. The van der Waals surface area contributed by atoms with Gasteiger partial charge in [-0.25, -0.2) is 4.39 Å². The largest absolute Gasteiger partial charge is 0.398 e. The lowest BCUT2D eigenvalue weighted by atomic mass is 9.91. The first kappa shape index (κ1) is 12.4. The maximum Gasteiger partial charge on any atom is 0.123 e. The molecule has 2 nitrogen and oxygen atoms in total. The Hall–Kier alpha value is -1.09. The van der Waals surface area contributed by atoms with Gasteiger partial charge >= 0.3 is 0 Å². The van der Waals surface area contributed by atoms with Crippen molar-refractivity contribution in [1.82, 2.24) is 4.90 Å². The maximum atomic E-state index is 13.2. The third-order valence-corrected chi connectivity index (χ3v) is 3.98. The van der Waals surface area contributed by atoms with Crippen molar-refractivity contribution >= 4 is 5.69 Å². The van der Waals surface area contributed by atoms with Crippen LogP contribution in [0, 0.1) is 11.7 Å². The summed E-state index contributed by atoms with van der Waals surface area (Å²) in [6.07, 6.45) is 2.51. The van der Waals surface area contributed by atoms with Crippen molar-refractivity contribution in [1.29, 1.82) is 0 Å². The van der Waals surface area contributed by atoms with Gasteiger partial charge in [-0.15, -0.1) is 0 Å². The second kappa shape index (κ2) is 5.05. The number of rotatable bonds is 2. The van der Waals surface area contributed by atoms with Gasteiger partial charge in [-0.1, -0.05) is 6.92 Å². The molecule has 1 saturated heterocycles. The minimum atomic E-state index is -0.202. The van der Waals surface area contributed by atoms with E-state index in [1.165, 1.54) is 18.9 Å². The van der Waals surface area contributed by atoms with Crippen LogP contribution in [-0.4, -0.2) is 17.5 Å². The Kier molecular flexibility index (Phi) is 3.67. The van der Waals surface area contributed by atoms with Crippen molar-refractivity contribution in [3.8, 4) is 0 Å². The zero-order valence-corrected chi connectivity index (χ0v) is 10.6. The Morgan fingerprint density at radius 3 is 2.94 bits per heavy atom. The van der Waals surface area contributed by atoms with Gasteiger partial charge in [0.1, 0.15) is 5.82 Å². The Labute approximate surface area is 103 Å². The van der Waals surface area contributed by atoms with Crippen molar-refractivity contribution in [3.05, 3.63) is 29.6 Å². The Morgan fingerprint density at radius 1 is 1.41 bits per heavy atom. The second-order valence-corrected chi connectivity index (χ2v) is 5.17. The molecule has 2 rings (SSSR count). The molecule has 1 fully saturated rings. The first-order chi connectivity index (χ1) is 8.08. The van der Waals surface area contributed by atoms with Gasteiger partial charge in [0.25, 0.3) is 0 Å². The van der Waals surface area contributed by atoms with Crippen LogP contribution in [0.15, 0.2) is 18.2 Å². The van der Waals surface area contributed by atoms with Crippen LogP contribution in [0.1, 0.15) is 32.3 Å². The van der Waals surface area contributed by atoms with Gasteiger partial charge in [0, 0.05) is 18.3 Å². The van der Waals surface area contributed by atoms with E-state index in [1.807, 2.05) is 0 Å². The van der Waals surface area contributed by atoms with Gasteiger partial charge in [-0.3, -0.25) is 4.90 Å². The summed E-state index contributed by atoms with van der Waals surface area (Å²) in [5.74, 6) is 0.505. The number of hydrogen-bond donors (Lipinski definition) is 1. The number of anilines is 1. The molecule has 94 valence electrons. The van der Waals surface area contributed by atoms with E-state index in [9.17, 15) is 4.39 Å². The maximum absolute atomic E-state index is 13.2. The Morgan fingerprint density at radius 2 is 2.18 bits per heavy atom. The zero-order valence-electron chi connectivity index (χ0n) is 10.6. The quantitative estimate of drug-likeness (QED) is 0.800. The normalized spacial score (nSPS) is 26.1. The number of nitrogen functional groups attached to an aromatic ring is 1. The molecule has 1 heterocycles. The molecule has 0 amide bonds. The van der Waals surface area contributed by atoms with E-state index < -0.39 is 0 Å². The molecule has 0 bridgehead atoms. The fraction of sp³-hybridized carbons (Fsp3) is 0.571. The summed E-state index contributed by atoms with van der Waals surface area (Å²) in [7, 11) is 0. The summed E-state index contributed by atoms with van der Waals surface area (Å²) in [4.78, 5) is 2.40. The Bertz CT molecular complexity index is 392. The summed E-state index contributed by atoms with van der Waals surface area (Å²) in [5, 5.41) is 0. The van der Waals surface area contributed by atoms with Crippen LogP contribution < -0.4 is 5.73 Å². The van der Waals surface area contributed by atoms with E-state index >= 15 is 0 Å². The molecule has 1 aliphatic heterocycles. The van der Waals surface area contributed by atoms with Crippen molar-refractivity contribution < 1.29 is 4.39 Å². The molecule has 1 aromatic rings. The van der Waals surface area contributed by atoms with Crippen LogP contribution >= 0.6 is 0 Å². The van der Waals surface area contributed by atoms with Crippen molar-refractivity contribution in [2.45, 2.75) is 39.3 Å².